The van der Waals surface area contributed by atoms with E-state index in [4.69, 9.17) is 9.47 Å². The summed E-state index contributed by atoms with van der Waals surface area (Å²) in [6.07, 6.45) is -0.700. The van der Waals surface area contributed by atoms with Gasteiger partial charge >= 0.3 is 5.97 Å². The van der Waals surface area contributed by atoms with Crippen molar-refractivity contribution in [3.05, 3.63) is 65.7 Å². The summed E-state index contributed by atoms with van der Waals surface area (Å²) in [5.74, 6) is -0.0550. The number of rotatable bonds is 7. The lowest BCUT2D eigenvalue weighted by molar-refractivity contribution is -0.154. The molecule has 0 saturated carbocycles. The van der Waals surface area contributed by atoms with Crippen molar-refractivity contribution in [2.45, 2.75) is 38.1 Å². The van der Waals surface area contributed by atoms with Gasteiger partial charge in [0.25, 0.3) is 0 Å². The molecule has 1 amide bonds. The Morgan fingerprint density at radius 1 is 1.13 bits per heavy atom. The second-order valence-electron chi connectivity index (χ2n) is 7.30. The van der Waals surface area contributed by atoms with Crippen molar-refractivity contribution >= 4 is 24.3 Å². The largest absolute Gasteiger partial charge is 0.497 e. The molecule has 0 unspecified atom stereocenters. The van der Waals surface area contributed by atoms with Crippen LogP contribution < -0.4 is 10.1 Å². The molecule has 3 atom stereocenters. The maximum atomic E-state index is 12.8. The Bertz CT molecular complexity index is 847. The predicted molar refractivity (Wildman–Crippen MR) is 119 cm³/mol. The molecule has 7 nitrogen and oxygen atoms in total. The highest BCUT2D eigenvalue weighted by Crippen LogP contribution is 2.21. The summed E-state index contributed by atoms with van der Waals surface area (Å²) in [6, 6.07) is 15.4. The topological polar surface area (TPSA) is 88.1 Å². The molecule has 168 valence electrons. The van der Waals surface area contributed by atoms with E-state index in [-0.39, 0.29) is 31.5 Å². The lowest BCUT2D eigenvalue weighted by Gasteiger charge is -2.32. The zero-order chi connectivity index (χ0) is 21.5. The lowest BCUT2D eigenvalue weighted by Crippen LogP contribution is -2.53. The molecule has 0 spiro atoms. The van der Waals surface area contributed by atoms with Gasteiger partial charge in [0, 0.05) is 6.54 Å². The van der Waals surface area contributed by atoms with Gasteiger partial charge in [-0.3, -0.25) is 14.5 Å². The molecule has 0 aliphatic carbocycles. The molecule has 2 aromatic rings. The Kier molecular flexibility index (Phi) is 9.30. The van der Waals surface area contributed by atoms with Crippen LogP contribution in [0.25, 0.3) is 0 Å². The van der Waals surface area contributed by atoms with E-state index >= 15 is 0 Å². The van der Waals surface area contributed by atoms with Gasteiger partial charge in [-0.1, -0.05) is 42.5 Å². The summed E-state index contributed by atoms with van der Waals surface area (Å²) in [5.41, 5.74) is 1.86. The first-order chi connectivity index (χ1) is 14.5. The first kappa shape index (κ1) is 24.7. The Hall–Kier alpha value is -2.61. The summed E-state index contributed by atoms with van der Waals surface area (Å²) in [7, 11) is 1.59. The van der Waals surface area contributed by atoms with Gasteiger partial charge in [0.05, 0.1) is 26.3 Å². The molecule has 8 heteroatoms. The third-order valence-corrected chi connectivity index (χ3v) is 5.19. The van der Waals surface area contributed by atoms with Crippen LogP contribution in [0, 0.1) is 0 Å². The number of ether oxygens (including phenoxy) is 2. The number of nitrogens with one attached hydrogen (secondary N) is 1. The van der Waals surface area contributed by atoms with Crippen LogP contribution in [-0.4, -0.2) is 60.3 Å². The first-order valence-electron chi connectivity index (χ1n) is 10.1. The highest BCUT2D eigenvalue weighted by Gasteiger charge is 2.42. The van der Waals surface area contributed by atoms with Gasteiger partial charge in [-0.15, -0.1) is 12.4 Å². The lowest BCUT2D eigenvalue weighted by atomic mass is 9.96. The van der Waals surface area contributed by atoms with E-state index in [0.29, 0.717) is 13.0 Å². The van der Waals surface area contributed by atoms with E-state index in [0.717, 1.165) is 16.9 Å². The Balaban J connectivity index is 0.00000341. The monoisotopic (exact) mass is 448 g/mol. The minimum absolute atomic E-state index is 0. The number of halogens is 1. The molecule has 31 heavy (non-hydrogen) atoms. The summed E-state index contributed by atoms with van der Waals surface area (Å²) in [5, 5.41) is 14.0. The van der Waals surface area contributed by atoms with Gasteiger partial charge in [0.1, 0.15) is 17.9 Å². The number of esters is 1. The van der Waals surface area contributed by atoms with Gasteiger partial charge in [-0.25, -0.2) is 0 Å². The fourth-order valence-corrected chi connectivity index (χ4v) is 3.73. The van der Waals surface area contributed by atoms with E-state index in [1.807, 2.05) is 54.6 Å². The van der Waals surface area contributed by atoms with Gasteiger partial charge in [0.15, 0.2) is 0 Å². The van der Waals surface area contributed by atoms with E-state index in [9.17, 15) is 14.7 Å². The Labute approximate surface area is 188 Å². The molecule has 2 aromatic carbocycles. The number of hydrogen-bond acceptors (Lipinski definition) is 6. The van der Waals surface area contributed by atoms with Crippen LogP contribution in [0.2, 0.25) is 0 Å². The predicted octanol–water partition coefficient (Wildman–Crippen LogP) is 1.95. The molecule has 1 saturated heterocycles. The van der Waals surface area contributed by atoms with Crippen LogP contribution in [-0.2, 0) is 27.3 Å². The third-order valence-electron chi connectivity index (χ3n) is 5.19. The normalized spacial score (nSPS) is 21.4. The maximum Gasteiger partial charge on any atom is 0.326 e. The summed E-state index contributed by atoms with van der Waals surface area (Å²) >= 11 is 0. The van der Waals surface area contributed by atoms with E-state index < -0.39 is 24.2 Å². The first-order valence-corrected chi connectivity index (χ1v) is 10.1. The number of amides is 1. The van der Waals surface area contributed by atoms with Crippen molar-refractivity contribution in [1.29, 1.82) is 0 Å². The highest BCUT2D eigenvalue weighted by atomic mass is 35.5. The average molecular weight is 449 g/mol. The fourth-order valence-electron chi connectivity index (χ4n) is 3.73. The second kappa shape index (κ2) is 11.7. The maximum absolute atomic E-state index is 12.8. The molecule has 2 N–H and O–H groups in total. The number of carbonyl (C=O) groups is 2. The third kappa shape index (κ3) is 6.43. The fraction of sp³-hybridized carbons (Fsp3) is 0.391. The molecule has 0 radical (unpaired) electrons. The van der Waals surface area contributed by atoms with Crippen LogP contribution in [0.3, 0.4) is 0 Å². The zero-order valence-corrected chi connectivity index (χ0v) is 18.5. The Morgan fingerprint density at radius 2 is 1.81 bits per heavy atom. The minimum atomic E-state index is -1.12. The summed E-state index contributed by atoms with van der Waals surface area (Å²) in [6.45, 7) is 2.22. The Morgan fingerprint density at radius 3 is 2.42 bits per heavy atom. The van der Waals surface area contributed by atoms with Gasteiger partial charge in [-0.2, -0.15) is 0 Å². The average Bonchev–Trinajstić information content (AvgIpc) is 2.85. The van der Waals surface area contributed by atoms with Crippen molar-refractivity contribution in [3.63, 3.8) is 0 Å². The number of nitrogens with zero attached hydrogens (tertiary/aromatic N) is 1. The molecule has 1 aliphatic rings. The molecule has 0 bridgehead atoms. The number of aliphatic hydroxyl groups excluding tert-OH is 1. The number of hydrogen-bond donors (Lipinski definition) is 2. The number of benzene rings is 2. The summed E-state index contributed by atoms with van der Waals surface area (Å²) < 4.78 is 10.4. The molecular weight excluding hydrogens is 420 g/mol. The smallest absolute Gasteiger partial charge is 0.326 e. The van der Waals surface area contributed by atoms with E-state index in [2.05, 4.69) is 5.32 Å². The van der Waals surface area contributed by atoms with Crippen LogP contribution >= 0.6 is 12.4 Å². The number of methoxy groups -OCH3 is 1. The summed E-state index contributed by atoms with van der Waals surface area (Å²) in [4.78, 5) is 27.1. The molecule has 3 rings (SSSR count). The zero-order valence-electron chi connectivity index (χ0n) is 17.7. The quantitative estimate of drug-likeness (QED) is 0.629. The van der Waals surface area contributed by atoms with Crippen molar-refractivity contribution < 1.29 is 24.2 Å². The van der Waals surface area contributed by atoms with Gasteiger partial charge in [0.2, 0.25) is 5.91 Å². The highest BCUT2D eigenvalue weighted by molar-refractivity contribution is 5.85. The van der Waals surface area contributed by atoms with Crippen LogP contribution in [0.15, 0.2) is 54.6 Å². The van der Waals surface area contributed by atoms with Crippen molar-refractivity contribution in [2.75, 3.05) is 20.3 Å². The number of aliphatic hydroxyl groups is 1. The molecular formula is C23H29ClN2O5. The van der Waals surface area contributed by atoms with E-state index in [1.165, 1.54) is 0 Å². The molecule has 1 aliphatic heterocycles. The van der Waals surface area contributed by atoms with Crippen molar-refractivity contribution in [1.82, 2.24) is 10.2 Å². The minimum Gasteiger partial charge on any atom is -0.497 e. The van der Waals surface area contributed by atoms with Crippen molar-refractivity contribution in [2.24, 2.45) is 0 Å². The standard InChI is InChI=1S/C23H28N2O5.ClH/c1-3-30-23(28)21-22(27)19(13-16-7-5-4-6-8-16)24-20(26)15-25(21)14-17-9-11-18(29-2)12-10-17;/h4-12,19,21-22,27H,3,13-15H2,1-2H3,(H,24,26);1H/t19-,21-,22-;/m0./s1. The molecule has 1 fully saturated rings. The van der Waals surface area contributed by atoms with E-state index in [1.54, 1.807) is 18.9 Å². The van der Waals surface area contributed by atoms with Gasteiger partial charge < -0.3 is 19.9 Å². The number of carbonyl (C=O) groups excluding carboxylic acids is 2. The SMILES string of the molecule is CCOC(=O)[C@@H]1[C@@H](O)[C@H](Cc2ccccc2)NC(=O)CN1Cc1ccc(OC)cc1.Cl. The van der Waals surface area contributed by atoms with Gasteiger partial charge in [-0.05, 0) is 36.6 Å². The van der Waals surface area contributed by atoms with Crippen LogP contribution in [0.5, 0.6) is 5.75 Å². The molecule has 0 aromatic heterocycles. The van der Waals surface area contributed by atoms with Crippen LogP contribution in [0.4, 0.5) is 0 Å². The molecule has 1 heterocycles. The van der Waals surface area contributed by atoms with Crippen molar-refractivity contribution in [3.8, 4) is 5.75 Å². The second-order valence-corrected chi connectivity index (χ2v) is 7.30. The van der Waals surface area contributed by atoms with Crippen LogP contribution in [0.1, 0.15) is 18.1 Å².